The molecule has 0 atom stereocenters. The fraction of sp³-hybridized carbons (Fsp3) is 0.429. The summed E-state index contributed by atoms with van der Waals surface area (Å²) in [6, 6.07) is 7.02. The highest BCUT2D eigenvalue weighted by molar-refractivity contribution is 5.93. The van der Waals surface area contributed by atoms with E-state index in [1.165, 1.54) is 0 Å². The van der Waals surface area contributed by atoms with Gasteiger partial charge in [-0.25, -0.2) is 0 Å². The number of nitrogens with zero attached hydrogens (tertiary/aromatic N) is 2. The maximum atomic E-state index is 10.9. The first kappa shape index (κ1) is 15.2. The van der Waals surface area contributed by atoms with E-state index in [4.69, 9.17) is 5.73 Å². The minimum Gasteiger partial charge on any atom is -0.366 e. The Kier molecular flexibility index (Phi) is 6.60. The number of hydrogen-bond donors (Lipinski definition) is 2. The minimum absolute atomic E-state index is 0.416. The van der Waals surface area contributed by atoms with Crippen LogP contribution in [0.25, 0.3) is 0 Å². The summed E-state index contributed by atoms with van der Waals surface area (Å²) in [4.78, 5) is 13.2. The van der Waals surface area contributed by atoms with Crippen molar-refractivity contribution in [1.29, 1.82) is 0 Å². The Morgan fingerprint density at radius 1 is 1.32 bits per heavy atom. The Morgan fingerprint density at radius 3 is 2.47 bits per heavy atom. The summed E-state index contributed by atoms with van der Waals surface area (Å²) in [5.41, 5.74) is 9.61. The molecule has 0 saturated heterocycles. The molecule has 1 rings (SSSR count). The molecule has 0 fully saturated rings. The smallest absolute Gasteiger partial charge is 0.248 e. The second-order valence-corrected chi connectivity index (χ2v) is 4.18. The van der Waals surface area contributed by atoms with Gasteiger partial charge in [-0.3, -0.25) is 4.79 Å². The van der Waals surface area contributed by atoms with Gasteiger partial charge in [0.1, 0.15) is 0 Å². The molecule has 3 N–H and O–H groups in total. The highest BCUT2D eigenvalue weighted by Crippen LogP contribution is 2.01. The molecule has 1 amide bonds. The van der Waals surface area contributed by atoms with E-state index in [2.05, 4.69) is 29.3 Å². The third-order valence-corrected chi connectivity index (χ3v) is 2.93. The molecule has 0 bridgehead atoms. The number of likely N-dealkylation sites (N-methyl/N-ethyl adjacent to an activating group) is 1. The Bertz CT molecular complexity index is 410. The summed E-state index contributed by atoms with van der Waals surface area (Å²) in [5.74, 6) is -0.416. The molecule has 0 aliphatic carbocycles. The zero-order valence-electron chi connectivity index (χ0n) is 11.6. The molecule has 0 aliphatic rings. The number of nitrogens with two attached hydrogens (primary N) is 1. The van der Waals surface area contributed by atoms with Crippen molar-refractivity contribution in [3.05, 3.63) is 35.4 Å². The second-order valence-electron chi connectivity index (χ2n) is 4.18. The topological polar surface area (TPSA) is 70.7 Å². The highest BCUT2D eigenvalue weighted by atomic mass is 16.1. The Balaban J connectivity index is 2.34. The molecule has 5 nitrogen and oxygen atoms in total. The van der Waals surface area contributed by atoms with Crippen LogP contribution in [-0.4, -0.2) is 43.2 Å². The van der Waals surface area contributed by atoms with Crippen molar-refractivity contribution < 1.29 is 4.79 Å². The van der Waals surface area contributed by atoms with Crippen LogP contribution in [0.5, 0.6) is 0 Å². The quantitative estimate of drug-likeness (QED) is 0.418. The second kappa shape index (κ2) is 8.26. The molecular formula is C14H22N4O. The van der Waals surface area contributed by atoms with Gasteiger partial charge >= 0.3 is 0 Å². The van der Waals surface area contributed by atoms with Crippen molar-refractivity contribution in [2.24, 2.45) is 10.8 Å². The summed E-state index contributed by atoms with van der Waals surface area (Å²) in [6.45, 7) is 8.19. The van der Waals surface area contributed by atoms with Crippen LogP contribution in [0.3, 0.4) is 0 Å². The molecule has 5 heteroatoms. The molecule has 0 aromatic heterocycles. The molecule has 1 aromatic carbocycles. The van der Waals surface area contributed by atoms with Crippen LogP contribution in [-0.2, 0) is 0 Å². The van der Waals surface area contributed by atoms with Crippen molar-refractivity contribution in [3.8, 4) is 0 Å². The van der Waals surface area contributed by atoms with Crippen LogP contribution in [0.15, 0.2) is 29.4 Å². The first-order valence-corrected chi connectivity index (χ1v) is 6.55. The van der Waals surface area contributed by atoms with E-state index in [1.807, 2.05) is 12.1 Å². The highest BCUT2D eigenvalue weighted by Gasteiger charge is 1.98. The summed E-state index contributed by atoms with van der Waals surface area (Å²) in [7, 11) is 0. The number of nitrogens with one attached hydrogen (secondary N) is 1. The van der Waals surface area contributed by atoms with Crippen LogP contribution in [0, 0.1) is 0 Å². The van der Waals surface area contributed by atoms with Crippen LogP contribution in [0.4, 0.5) is 0 Å². The molecule has 0 unspecified atom stereocenters. The van der Waals surface area contributed by atoms with Crippen molar-refractivity contribution >= 4 is 12.1 Å². The van der Waals surface area contributed by atoms with Gasteiger partial charge in [0.2, 0.25) is 5.91 Å². The number of carbonyl (C=O) groups is 1. The first-order valence-electron chi connectivity index (χ1n) is 6.55. The fourth-order valence-corrected chi connectivity index (χ4v) is 1.67. The van der Waals surface area contributed by atoms with Gasteiger partial charge in [0.15, 0.2) is 0 Å². The van der Waals surface area contributed by atoms with E-state index in [-0.39, 0.29) is 0 Å². The van der Waals surface area contributed by atoms with Gasteiger partial charge in [0, 0.05) is 18.7 Å². The van der Waals surface area contributed by atoms with Gasteiger partial charge in [0.25, 0.3) is 0 Å². The van der Waals surface area contributed by atoms with Gasteiger partial charge in [-0.05, 0) is 30.8 Å². The van der Waals surface area contributed by atoms with E-state index in [9.17, 15) is 4.79 Å². The number of benzene rings is 1. The van der Waals surface area contributed by atoms with Gasteiger partial charge in [-0.2, -0.15) is 5.10 Å². The van der Waals surface area contributed by atoms with Crippen LogP contribution < -0.4 is 11.2 Å². The van der Waals surface area contributed by atoms with Gasteiger partial charge in [-0.1, -0.05) is 26.0 Å². The predicted molar refractivity (Wildman–Crippen MR) is 78.3 cm³/mol. The number of carbonyl (C=O) groups excluding carboxylic acids is 1. The maximum Gasteiger partial charge on any atom is 0.248 e. The Morgan fingerprint density at radius 2 is 1.95 bits per heavy atom. The Labute approximate surface area is 114 Å². The lowest BCUT2D eigenvalue weighted by Gasteiger charge is -2.16. The van der Waals surface area contributed by atoms with E-state index < -0.39 is 5.91 Å². The standard InChI is InChI=1S/C14H22N4O/c1-3-18(4-2)10-9-16-17-11-12-5-7-13(8-6-12)14(15)19/h5-8,11,16H,3-4,9-10H2,1-2H3,(H2,15,19)/b17-11+. The number of rotatable bonds is 8. The van der Waals surface area contributed by atoms with Crippen LogP contribution >= 0.6 is 0 Å². The van der Waals surface area contributed by atoms with E-state index in [0.29, 0.717) is 5.56 Å². The summed E-state index contributed by atoms with van der Waals surface area (Å²) in [6.07, 6.45) is 1.73. The molecule has 0 heterocycles. The van der Waals surface area contributed by atoms with Gasteiger partial charge in [0.05, 0.1) is 6.21 Å². The molecule has 1 aromatic rings. The lowest BCUT2D eigenvalue weighted by atomic mass is 10.1. The molecule has 19 heavy (non-hydrogen) atoms. The van der Waals surface area contributed by atoms with Crippen molar-refractivity contribution in [3.63, 3.8) is 0 Å². The fourth-order valence-electron chi connectivity index (χ4n) is 1.67. The maximum absolute atomic E-state index is 10.9. The first-order chi connectivity index (χ1) is 9.17. The van der Waals surface area contributed by atoms with Crippen LogP contribution in [0.2, 0.25) is 0 Å². The average molecular weight is 262 g/mol. The third kappa shape index (κ3) is 5.52. The minimum atomic E-state index is -0.416. The summed E-state index contributed by atoms with van der Waals surface area (Å²) < 4.78 is 0. The van der Waals surface area contributed by atoms with Crippen LogP contribution in [0.1, 0.15) is 29.8 Å². The number of amides is 1. The molecule has 0 spiro atoms. The Hall–Kier alpha value is -1.88. The predicted octanol–water partition coefficient (Wildman–Crippen LogP) is 1.05. The third-order valence-electron chi connectivity index (χ3n) is 2.93. The van der Waals surface area contributed by atoms with Gasteiger partial charge in [-0.15, -0.1) is 0 Å². The molecule has 0 aliphatic heterocycles. The zero-order chi connectivity index (χ0) is 14.1. The summed E-state index contributed by atoms with van der Waals surface area (Å²) >= 11 is 0. The number of hydrogen-bond acceptors (Lipinski definition) is 4. The summed E-state index contributed by atoms with van der Waals surface area (Å²) in [5, 5.41) is 4.14. The van der Waals surface area contributed by atoms with Crippen molar-refractivity contribution in [2.75, 3.05) is 26.2 Å². The number of primary amides is 1. The SMILES string of the molecule is CCN(CC)CCN/N=C/c1ccc(C(N)=O)cc1. The lowest BCUT2D eigenvalue weighted by Crippen LogP contribution is -2.30. The molecular weight excluding hydrogens is 240 g/mol. The molecule has 0 saturated carbocycles. The molecule has 0 radical (unpaired) electrons. The normalized spacial score (nSPS) is 11.1. The van der Waals surface area contributed by atoms with Crippen molar-refractivity contribution in [1.82, 2.24) is 10.3 Å². The zero-order valence-corrected chi connectivity index (χ0v) is 11.6. The largest absolute Gasteiger partial charge is 0.366 e. The number of hydrazone groups is 1. The lowest BCUT2D eigenvalue weighted by molar-refractivity contribution is 0.100. The van der Waals surface area contributed by atoms with E-state index in [0.717, 1.165) is 31.7 Å². The van der Waals surface area contributed by atoms with Gasteiger partial charge < -0.3 is 16.1 Å². The van der Waals surface area contributed by atoms with Crippen molar-refractivity contribution in [2.45, 2.75) is 13.8 Å². The van der Waals surface area contributed by atoms with E-state index >= 15 is 0 Å². The monoisotopic (exact) mass is 262 g/mol. The average Bonchev–Trinajstić information content (AvgIpc) is 2.43. The molecule has 104 valence electrons. The van der Waals surface area contributed by atoms with E-state index in [1.54, 1.807) is 18.3 Å².